The van der Waals surface area contributed by atoms with Gasteiger partial charge in [0.25, 0.3) is 0 Å². The van der Waals surface area contributed by atoms with Crippen LogP contribution in [0.2, 0.25) is 0 Å². The minimum atomic E-state index is 0.535. The summed E-state index contributed by atoms with van der Waals surface area (Å²) < 4.78 is 16.3. The molecule has 0 atom stereocenters. The van der Waals surface area contributed by atoms with Crippen molar-refractivity contribution in [2.24, 2.45) is 0 Å². The molecule has 1 saturated carbocycles. The maximum Gasteiger partial charge on any atom is 0.165 e. The van der Waals surface area contributed by atoms with Crippen LogP contribution in [-0.2, 0) is 11.3 Å². The van der Waals surface area contributed by atoms with Crippen molar-refractivity contribution < 1.29 is 14.2 Å². The van der Waals surface area contributed by atoms with Gasteiger partial charge in [-0.3, -0.25) is 0 Å². The van der Waals surface area contributed by atoms with Crippen molar-refractivity contribution in [2.45, 2.75) is 38.3 Å². The molecule has 20 heavy (non-hydrogen) atoms. The van der Waals surface area contributed by atoms with Crippen LogP contribution in [0.25, 0.3) is 0 Å². The molecular formula is C16H25NO3. The zero-order chi connectivity index (χ0) is 14.2. The third-order valence-electron chi connectivity index (χ3n) is 3.75. The molecule has 0 bridgehead atoms. The Morgan fingerprint density at radius 2 is 1.95 bits per heavy atom. The van der Waals surface area contributed by atoms with Crippen LogP contribution < -0.4 is 14.8 Å². The van der Waals surface area contributed by atoms with Gasteiger partial charge in [0.2, 0.25) is 0 Å². The first-order valence-corrected chi connectivity index (χ1v) is 7.36. The molecule has 1 aliphatic carbocycles. The molecule has 4 heteroatoms. The van der Waals surface area contributed by atoms with E-state index in [9.17, 15) is 0 Å². The summed E-state index contributed by atoms with van der Waals surface area (Å²) >= 11 is 0. The standard InChI is InChI=1S/C16H25NO3/c1-18-10-11-20-16-13(6-5-9-15(16)19-2)12-17-14-7-3-4-8-14/h5-6,9,14,17H,3-4,7-8,10-12H2,1-2H3. The highest BCUT2D eigenvalue weighted by Gasteiger charge is 2.16. The molecule has 0 amide bonds. The highest BCUT2D eigenvalue weighted by Crippen LogP contribution is 2.31. The Morgan fingerprint density at radius 1 is 1.15 bits per heavy atom. The zero-order valence-corrected chi connectivity index (χ0v) is 12.5. The van der Waals surface area contributed by atoms with Gasteiger partial charge in [-0.15, -0.1) is 0 Å². The summed E-state index contributed by atoms with van der Waals surface area (Å²) in [5.74, 6) is 1.62. The molecule has 1 aromatic carbocycles. The van der Waals surface area contributed by atoms with Gasteiger partial charge in [0.05, 0.1) is 13.7 Å². The van der Waals surface area contributed by atoms with E-state index >= 15 is 0 Å². The fraction of sp³-hybridized carbons (Fsp3) is 0.625. The number of benzene rings is 1. The third-order valence-corrected chi connectivity index (χ3v) is 3.75. The number of hydrogen-bond acceptors (Lipinski definition) is 4. The number of methoxy groups -OCH3 is 2. The highest BCUT2D eigenvalue weighted by atomic mass is 16.5. The molecule has 1 N–H and O–H groups in total. The fourth-order valence-corrected chi connectivity index (χ4v) is 2.64. The molecule has 0 aliphatic heterocycles. The number of hydrogen-bond donors (Lipinski definition) is 1. The molecule has 1 fully saturated rings. The number of para-hydroxylation sites is 1. The third kappa shape index (κ3) is 4.12. The summed E-state index contributed by atoms with van der Waals surface area (Å²) in [5, 5.41) is 3.61. The molecule has 0 radical (unpaired) electrons. The van der Waals surface area contributed by atoms with Crippen LogP contribution in [0.3, 0.4) is 0 Å². The Hall–Kier alpha value is -1.26. The molecule has 0 spiro atoms. The van der Waals surface area contributed by atoms with Crippen LogP contribution in [0.15, 0.2) is 18.2 Å². The summed E-state index contributed by atoms with van der Waals surface area (Å²) in [7, 11) is 3.35. The van der Waals surface area contributed by atoms with Gasteiger partial charge in [0.15, 0.2) is 11.5 Å². The molecule has 1 aliphatic rings. The molecule has 1 aromatic rings. The average molecular weight is 279 g/mol. The minimum Gasteiger partial charge on any atom is -0.493 e. The van der Waals surface area contributed by atoms with Crippen LogP contribution in [-0.4, -0.2) is 33.5 Å². The van der Waals surface area contributed by atoms with Gasteiger partial charge < -0.3 is 19.5 Å². The van der Waals surface area contributed by atoms with Crippen LogP contribution in [0.5, 0.6) is 11.5 Å². The van der Waals surface area contributed by atoms with Crippen LogP contribution in [0.4, 0.5) is 0 Å². The summed E-state index contributed by atoms with van der Waals surface area (Å²) in [5.41, 5.74) is 1.15. The first-order chi connectivity index (χ1) is 9.85. The van der Waals surface area contributed by atoms with E-state index in [0.717, 1.165) is 23.6 Å². The normalized spacial score (nSPS) is 15.5. The van der Waals surface area contributed by atoms with E-state index in [0.29, 0.717) is 19.3 Å². The Kier molecular flexibility index (Phi) is 6.15. The van der Waals surface area contributed by atoms with E-state index in [-0.39, 0.29) is 0 Å². The first kappa shape index (κ1) is 15.1. The lowest BCUT2D eigenvalue weighted by atomic mass is 10.1. The van der Waals surface area contributed by atoms with Crippen molar-refractivity contribution in [2.75, 3.05) is 27.4 Å². The van der Waals surface area contributed by atoms with Crippen molar-refractivity contribution in [3.05, 3.63) is 23.8 Å². The average Bonchev–Trinajstić information content (AvgIpc) is 2.99. The van der Waals surface area contributed by atoms with E-state index in [1.165, 1.54) is 25.7 Å². The predicted molar refractivity (Wildman–Crippen MR) is 79.5 cm³/mol. The molecule has 112 valence electrons. The predicted octanol–water partition coefficient (Wildman–Crippen LogP) is 2.75. The van der Waals surface area contributed by atoms with Crippen molar-refractivity contribution in [1.82, 2.24) is 5.32 Å². The first-order valence-electron chi connectivity index (χ1n) is 7.36. The van der Waals surface area contributed by atoms with Crippen molar-refractivity contribution in [3.8, 4) is 11.5 Å². The quantitative estimate of drug-likeness (QED) is 0.743. The Labute approximate surface area is 121 Å². The SMILES string of the molecule is COCCOc1c(CNC2CCCC2)cccc1OC. The van der Waals surface area contributed by atoms with E-state index < -0.39 is 0 Å². The minimum absolute atomic E-state index is 0.535. The van der Waals surface area contributed by atoms with Crippen molar-refractivity contribution in [3.63, 3.8) is 0 Å². The summed E-state index contributed by atoms with van der Waals surface area (Å²) in [4.78, 5) is 0. The smallest absolute Gasteiger partial charge is 0.165 e. The van der Waals surface area contributed by atoms with Crippen molar-refractivity contribution >= 4 is 0 Å². The Morgan fingerprint density at radius 3 is 2.65 bits per heavy atom. The lowest BCUT2D eigenvalue weighted by molar-refractivity contribution is 0.143. The second kappa shape index (κ2) is 8.12. The summed E-state index contributed by atoms with van der Waals surface area (Å²) in [6, 6.07) is 6.68. The largest absolute Gasteiger partial charge is 0.493 e. The van der Waals surface area contributed by atoms with Crippen LogP contribution in [0, 0.1) is 0 Å². The zero-order valence-electron chi connectivity index (χ0n) is 12.5. The monoisotopic (exact) mass is 279 g/mol. The lowest BCUT2D eigenvalue weighted by Gasteiger charge is -2.17. The van der Waals surface area contributed by atoms with Crippen molar-refractivity contribution in [1.29, 1.82) is 0 Å². The fourth-order valence-electron chi connectivity index (χ4n) is 2.64. The van der Waals surface area contributed by atoms with E-state index in [2.05, 4.69) is 11.4 Å². The van der Waals surface area contributed by atoms with Crippen LogP contribution in [0.1, 0.15) is 31.2 Å². The van der Waals surface area contributed by atoms with Gasteiger partial charge in [-0.1, -0.05) is 25.0 Å². The van der Waals surface area contributed by atoms with E-state index in [4.69, 9.17) is 14.2 Å². The summed E-state index contributed by atoms with van der Waals surface area (Å²) in [6.45, 7) is 1.94. The Bertz CT molecular complexity index is 403. The number of ether oxygens (including phenoxy) is 3. The van der Waals surface area contributed by atoms with Gasteiger partial charge in [-0.25, -0.2) is 0 Å². The summed E-state index contributed by atoms with van der Waals surface area (Å²) in [6.07, 6.45) is 5.24. The van der Waals surface area contributed by atoms with E-state index in [1.807, 2.05) is 12.1 Å². The number of nitrogens with one attached hydrogen (secondary N) is 1. The number of rotatable bonds is 8. The van der Waals surface area contributed by atoms with Gasteiger partial charge in [0.1, 0.15) is 6.61 Å². The van der Waals surface area contributed by atoms with E-state index in [1.54, 1.807) is 14.2 Å². The Balaban J connectivity index is 2.00. The molecule has 4 nitrogen and oxygen atoms in total. The topological polar surface area (TPSA) is 39.7 Å². The molecule has 0 saturated heterocycles. The lowest BCUT2D eigenvalue weighted by Crippen LogP contribution is -2.25. The maximum atomic E-state index is 5.82. The molecule has 2 rings (SSSR count). The molecular weight excluding hydrogens is 254 g/mol. The molecule has 0 heterocycles. The second-order valence-corrected chi connectivity index (χ2v) is 5.15. The maximum absolute atomic E-state index is 5.82. The van der Waals surface area contributed by atoms with Gasteiger partial charge in [-0.2, -0.15) is 0 Å². The second-order valence-electron chi connectivity index (χ2n) is 5.15. The van der Waals surface area contributed by atoms with Crippen LogP contribution >= 0.6 is 0 Å². The van der Waals surface area contributed by atoms with Gasteiger partial charge in [-0.05, 0) is 18.9 Å². The van der Waals surface area contributed by atoms with Gasteiger partial charge in [0, 0.05) is 25.3 Å². The highest BCUT2D eigenvalue weighted by molar-refractivity contribution is 5.46. The molecule has 0 aromatic heterocycles. The van der Waals surface area contributed by atoms with Gasteiger partial charge >= 0.3 is 0 Å². The molecule has 0 unspecified atom stereocenters.